The summed E-state index contributed by atoms with van der Waals surface area (Å²) < 4.78 is 9.70. The number of carboxylic acids is 1. The maximum atomic E-state index is 11.1. The highest BCUT2D eigenvalue weighted by Gasteiger charge is 2.15. The zero-order chi connectivity index (χ0) is 12.1. The van der Waals surface area contributed by atoms with Crippen LogP contribution in [0.3, 0.4) is 0 Å². The number of methoxy groups -OCH3 is 1. The molecule has 86 valence electrons. The van der Waals surface area contributed by atoms with E-state index in [2.05, 4.69) is 4.74 Å². The van der Waals surface area contributed by atoms with Crippen molar-refractivity contribution in [1.29, 1.82) is 0 Å². The molecule has 1 unspecified atom stereocenters. The normalized spacial score (nSPS) is 11.6. The third kappa shape index (κ3) is 2.98. The van der Waals surface area contributed by atoms with E-state index in [4.69, 9.17) is 9.84 Å². The molecule has 0 aliphatic rings. The van der Waals surface area contributed by atoms with Crippen molar-refractivity contribution < 1.29 is 24.2 Å². The maximum Gasteiger partial charge on any atom is 0.346 e. The van der Waals surface area contributed by atoms with Crippen LogP contribution in [0, 0.1) is 0 Å². The van der Waals surface area contributed by atoms with Gasteiger partial charge in [-0.2, -0.15) is 0 Å². The highest BCUT2D eigenvalue weighted by molar-refractivity contribution is 5.88. The molecule has 1 atom stereocenters. The number of hydrogen-bond donors (Lipinski definition) is 1. The molecule has 0 aliphatic heterocycles. The molecule has 0 saturated carbocycles. The van der Waals surface area contributed by atoms with Crippen LogP contribution in [0.25, 0.3) is 0 Å². The summed E-state index contributed by atoms with van der Waals surface area (Å²) in [6.45, 7) is 1.53. The second-order valence-corrected chi connectivity index (χ2v) is 3.12. The lowest BCUT2D eigenvalue weighted by molar-refractivity contribution is -0.147. The minimum absolute atomic E-state index is 0.106. The molecule has 0 saturated heterocycles. The van der Waals surface area contributed by atoms with Gasteiger partial charge >= 0.3 is 11.9 Å². The molecule has 0 amide bonds. The summed E-state index contributed by atoms with van der Waals surface area (Å²) in [4.78, 5) is 21.8. The number of hydrogen-bond acceptors (Lipinski definition) is 4. The minimum Gasteiger partial charge on any atom is -0.479 e. The van der Waals surface area contributed by atoms with Crippen molar-refractivity contribution in [1.82, 2.24) is 0 Å². The van der Waals surface area contributed by atoms with E-state index in [-0.39, 0.29) is 5.56 Å². The summed E-state index contributed by atoms with van der Waals surface area (Å²) >= 11 is 0. The number of benzene rings is 1. The van der Waals surface area contributed by atoms with E-state index in [0.717, 1.165) is 0 Å². The molecule has 0 aliphatic carbocycles. The number of carboxylic acid groups (broad SMARTS) is 1. The van der Waals surface area contributed by atoms with Crippen molar-refractivity contribution in [3.8, 4) is 5.75 Å². The second kappa shape index (κ2) is 5.16. The van der Waals surface area contributed by atoms with Gasteiger partial charge in [0.15, 0.2) is 6.10 Å². The van der Waals surface area contributed by atoms with E-state index in [1.165, 1.54) is 26.2 Å². The average Bonchev–Trinajstić information content (AvgIpc) is 2.28. The maximum absolute atomic E-state index is 11.1. The number of ether oxygens (including phenoxy) is 2. The first kappa shape index (κ1) is 12.0. The predicted octanol–water partition coefficient (Wildman–Crippen LogP) is 1.33. The first-order valence-electron chi connectivity index (χ1n) is 4.62. The van der Waals surface area contributed by atoms with Crippen LogP contribution in [-0.2, 0) is 9.53 Å². The zero-order valence-corrected chi connectivity index (χ0v) is 8.97. The van der Waals surface area contributed by atoms with Crippen LogP contribution in [0.2, 0.25) is 0 Å². The fourth-order valence-electron chi connectivity index (χ4n) is 1.12. The second-order valence-electron chi connectivity index (χ2n) is 3.12. The number of carbonyl (C=O) groups excluding carboxylic acids is 1. The van der Waals surface area contributed by atoms with Crippen LogP contribution in [-0.4, -0.2) is 30.3 Å². The molecule has 1 aromatic rings. The SMILES string of the molecule is COC(=O)C(C)Oc1cccc(C(=O)O)c1. The molecule has 1 N–H and O–H groups in total. The molecule has 5 heteroatoms. The largest absolute Gasteiger partial charge is 0.479 e. The van der Waals surface area contributed by atoms with Gasteiger partial charge in [0.1, 0.15) is 5.75 Å². The molecular weight excluding hydrogens is 212 g/mol. The summed E-state index contributed by atoms with van der Waals surface area (Å²) in [7, 11) is 1.26. The lowest BCUT2D eigenvalue weighted by Crippen LogP contribution is -2.24. The van der Waals surface area contributed by atoms with Crippen molar-refractivity contribution in [2.24, 2.45) is 0 Å². The number of esters is 1. The summed E-state index contributed by atoms with van der Waals surface area (Å²) in [5, 5.41) is 8.75. The molecule has 0 aromatic heterocycles. The topological polar surface area (TPSA) is 72.8 Å². The van der Waals surface area contributed by atoms with Gasteiger partial charge in [0, 0.05) is 0 Å². The molecule has 16 heavy (non-hydrogen) atoms. The molecular formula is C11H12O5. The standard InChI is InChI=1S/C11H12O5/c1-7(11(14)15-2)16-9-5-3-4-8(6-9)10(12)13/h3-7H,1-2H3,(H,12,13). The number of carbonyl (C=O) groups is 2. The fraction of sp³-hybridized carbons (Fsp3) is 0.273. The zero-order valence-electron chi connectivity index (χ0n) is 8.97. The smallest absolute Gasteiger partial charge is 0.346 e. The van der Waals surface area contributed by atoms with Gasteiger partial charge in [-0.25, -0.2) is 9.59 Å². The van der Waals surface area contributed by atoms with Crippen LogP contribution >= 0.6 is 0 Å². The Morgan fingerprint density at radius 1 is 1.38 bits per heavy atom. The Hall–Kier alpha value is -2.04. The summed E-state index contributed by atoms with van der Waals surface area (Å²) in [5.74, 6) is -1.24. The Balaban J connectivity index is 2.78. The Bertz CT molecular complexity index is 399. The highest BCUT2D eigenvalue weighted by atomic mass is 16.6. The third-order valence-electron chi connectivity index (χ3n) is 1.93. The fourth-order valence-corrected chi connectivity index (χ4v) is 1.12. The molecule has 0 bridgehead atoms. The lowest BCUT2D eigenvalue weighted by atomic mass is 10.2. The van der Waals surface area contributed by atoms with E-state index in [1.54, 1.807) is 12.1 Å². The molecule has 0 fully saturated rings. The van der Waals surface area contributed by atoms with Gasteiger partial charge in [0.2, 0.25) is 0 Å². The monoisotopic (exact) mass is 224 g/mol. The van der Waals surface area contributed by atoms with Gasteiger partial charge in [-0.05, 0) is 25.1 Å². The third-order valence-corrected chi connectivity index (χ3v) is 1.93. The number of aromatic carboxylic acids is 1. The Kier molecular flexibility index (Phi) is 3.88. The van der Waals surface area contributed by atoms with Crippen LogP contribution in [0.4, 0.5) is 0 Å². The van der Waals surface area contributed by atoms with E-state index < -0.39 is 18.0 Å². The summed E-state index contributed by atoms with van der Waals surface area (Å²) in [6.07, 6.45) is -0.769. The summed E-state index contributed by atoms with van der Waals surface area (Å²) in [6, 6.07) is 5.91. The van der Waals surface area contributed by atoms with Crippen LogP contribution < -0.4 is 4.74 Å². The first-order chi connectivity index (χ1) is 7.54. The van der Waals surface area contributed by atoms with Gasteiger partial charge in [-0.1, -0.05) is 6.07 Å². The van der Waals surface area contributed by atoms with Crippen LogP contribution in [0.5, 0.6) is 5.75 Å². The van der Waals surface area contributed by atoms with Crippen molar-refractivity contribution in [2.45, 2.75) is 13.0 Å². The minimum atomic E-state index is -1.05. The predicted molar refractivity (Wildman–Crippen MR) is 55.5 cm³/mol. The van der Waals surface area contributed by atoms with Crippen molar-refractivity contribution in [3.05, 3.63) is 29.8 Å². The van der Waals surface area contributed by atoms with E-state index in [1.807, 2.05) is 0 Å². The van der Waals surface area contributed by atoms with Crippen molar-refractivity contribution in [2.75, 3.05) is 7.11 Å². The van der Waals surface area contributed by atoms with Crippen LogP contribution in [0.15, 0.2) is 24.3 Å². The first-order valence-corrected chi connectivity index (χ1v) is 4.62. The van der Waals surface area contributed by atoms with E-state index in [0.29, 0.717) is 5.75 Å². The van der Waals surface area contributed by atoms with Crippen molar-refractivity contribution in [3.63, 3.8) is 0 Å². The van der Waals surface area contributed by atoms with E-state index >= 15 is 0 Å². The molecule has 0 radical (unpaired) electrons. The molecule has 0 spiro atoms. The Labute approximate surface area is 92.6 Å². The van der Waals surface area contributed by atoms with Crippen molar-refractivity contribution >= 4 is 11.9 Å². The van der Waals surface area contributed by atoms with Gasteiger partial charge in [0.25, 0.3) is 0 Å². The quantitative estimate of drug-likeness (QED) is 0.781. The molecule has 0 heterocycles. The summed E-state index contributed by atoms with van der Waals surface area (Å²) in [5.41, 5.74) is 0.106. The highest BCUT2D eigenvalue weighted by Crippen LogP contribution is 2.15. The molecule has 5 nitrogen and oxygen atoms in total. The van der Waals surface area contributed by atoms with Gasteiger partial charge in [-0.15, -0.1) is 0 Å². The van der Waals surface area contributed by atoms with Gasteiger partial charge in [0.05, 0.1) is 12.7 Å². The van der Waals surface area contributed by atoms with Gasteiger partial charge in [-0.3, -0.25) is 0 Å². The molecule has 1 aromatic carbocycles. The lowest BCUT2D eigenvalue weighted by Gasteiger charge is -2.12. The average molecular weight is 224 g/mol. The van der Waals surface area contributed by atoms with Gasteiger partial charge < -0.3 is 14.6 Å². The number of rotatable bonds is 4. The Morgan fingerprint density at radius 2 is 2.06 bits per heavy atom. The van der Waals surface area contributed by atoms with Crippen LogP contribution in [0.1, 0.15) is 17.3 Å². The van der Waals surface area contributed by atoms with E-state index in [9.17, 15) is 9.59 Å². The molecule has 1 rings (SSSR count). The Morgan fingerprint density at radius 3 is 2.62 bits per heavy atom.